The van der Waals surface area contributed by atoms with Crippen LogP contribution >= 0.6 is 0 Å². The Morgan fingerprint density at radius 2 is 1.79 bits per heavy atom. The minimum atomic E-state index is -3.53. The van der Waals surface area contributed by atoms with Gasteiger partial charge in [-0.05, 0) is 51.0 Å². The fourth-order valence-corrected chi connectivity index (χ4v) is 4.24. The van der Waals surface area contributed by atoms with Crippen LogP contribution in [-0.4, -0.2) is 25.3 Å². The van der Waals surface area contributed by atoms with Crippen molar-refractivity contribution in [3.05, 3.63) is 35.9 Å². The standard InChI is InChI=1S/C14H22N2O2S/c1-6-7-16(10(2)3)19(17,18)14-11(4)8-13(15)9-12(14)5/h6,8-10H,1,7,15H2,2-5H3. The number of benzene rings is 1. The summed E-state index contributed by atoms with van der Waals surface area (Å²) in [6.07, 6.45) is 1.60. The summed E-state index contributed by atoms with van der Waals surface area (Å²) in [6.45, 7) is 11.2. The smallest absolute Gasteiger partial charge is 0.244 e. The summed E-state index contributed by atoms with van der Waals surface area (Å²) in [4.78, 5) is 0.345. The molecule has 0 aliphatic rings. The van der Waals surface area contributed by atoms with E-state index in [1.54, 1.807) is 32.1 Å². The van der Waals surface area contributed by atoms with E-state index in [4.69, 9.17) is 5.73 Å². The van der Waals surface area contributed by atoms with Gasteiger partial charge in [0.1, 0.15) is 0 Å². The molecule has 0 saturated carbocycles. The summed E-state index contributed by atoms with van der Waals surface area (Å²) >= 11 is 0. The van der Waals surface area contributed by atoms with Gasteiger partial charge in [0.25, 0.3) is 0 Å². The molecule has 2 N–H and O–H groups in total. The molecule has 0 atom stereocenters. The van der Waals surface area contributed by atoms with Crippen LogP contribution in [0.3, 0.4) is 0 Å². The summed E-state index contributed by atoms with van der Waals surface area (Å²) in [5.74, 6) is 0. The Labute approximate surface area is 116 Å². The van der Waals surface area contributed by atoms with E-state index < -0.39 is 10.0 Å². The fraction of sp³-hybridized carbons (Fsp3) is 0.429. The highest BCUT2D eigenvalue weighted by atomic mass is 32.2. The van der Waals surface area contributed by atoms with Crippen molar-refractivity contribution >= 4 is 15.7 Å². The Kier molecular flexibility index (Phi) is 4.76. The summed E-state index contributed by atoms with van der Waals surface area (Å²) in [6, 6.07) is 3.25. The molecule has 19 heavy (non-hydrogen) atoms. The zero-order valence-electron chi connectivity index (χ0n) is 12.0. The second-order valence-corrected chi connectivity index (χ2v) is 6.77. The summed E-state index contributed by atoms with van der Waals surface area (Å²) in [5, 5.41) is 0. The third-order valence-corrected chi connectivity index (χ3v) is 5.28. The van der Waals surface area contributed by atoms with E-state index in [0.29, 0.717) is 28.3 Å². The van der Waals surface area contributed by atoms with E-state index in [-0.39, 0.29) is 6.04 Å². The van der Waals surface area contributed by atoms with Crippen molar-refractivity contribution in [3.63, 3.8) is 0 Å². The minimum absolute atomic E-state index is 0.126. The van der Waals surface area contributed by atoms with Crippen LogP contribution in [0.4, 0.5) is 5.69 Å². The van der Waals surface area contributed by atoms with Gasteiger partial charge in [0.2, 0.25) is 10.0 Å². The maximum Gasteiger partial charge on any atom is 0.244 e. The molecule has 0 bridgehead atoms. The lowest BCUT2D eigenvalue weighted by molar-refractivity contribution is 0.382. The van der Waals surface area contributed by atoms with E-state index in [2.05, 4.69) is 6.58 Å². The largest absolute Gasteiger partial charge is 0.399 e. The summed E-state index contributed by atoms with van der Waals surface area (Å²) in [7, 11) is -3.53. The van der Waals surface area contributed by atoms with Crippen LogP contribution in [-0.2, 0) is 10.0 Å². The highest BCUT2D eigenvalue weighted by Gasteiger charge is 2.29. The predicted molar refractivity (Wildman–Crippen MR) is 79.6 cm³/mol. The summed E-state index contributed by atoms with van der Waals surface area (Å²) in [5.41, 5.74) is 7.67. The maximum absolute atomic E-state index is 12.8. The van der Waals surface area contributed by atoms with Gasteiger partial charge in [-0.1, -0.05) is 6.08 Å². The first-order valence-electron chi connectivity index (χ1n) is 6.21. The number of sulfonamides is 1. The molecule has 1 rings (SSSR count). The topological polar surface area (TPSA) is 63.4 Å². The number of nitrogens with two attached hydrogens (primary N) is 1. The van der Waals surface area contributed by atoms with Gasteiger partial charge in [-0.2, -0.15) is 4.31 Å². The molecule has 0 fully saturated rings. The minimum Gasteiger partial charge on any atom is -0.399 e. The van der Waals surface area contributed by atoms with Crippen LogP contribution in [0.15, 0.2) is 29.7 Å². The van der Waals surface area contributed by atoms with E-state index in [1.807, 2.05) is 13.8 Å². The monoisotopic (exact) mass is 282 g/mol. The Morgan fingerprint density at radius 3 is 2.16 bits per heavy atom. The third-order valence-electron chi connectivity index (χ3n) is 2.93. The zero-order chi connectivity index (χ0) is 14.8. The molecule has 4 nitrogen and oxygen atoms in total. The molecule has 0 saturated heterocycles. The molecule has 106 valence electrons. The molecule has 0 spiro atoms. The molecule has 0 heterocycles. The van der Waals surface area contributed by atoms with Gasteiger partial charge in [0.05, 0.1) is 4.90 Å². The van der Waals surface area contributed by atoms with Crippen LogP contribution in [0.25, 0.3) is 0 Å². The van der Waals surface area contributed by atoms with Gasteiger partial charge in [-0.15, -0.1) is 6.58 Å². The van der Waals surface area contributed by atoms with Gasteiger partial charge in [-0.3, -0.25) is 0 Å². The number of anilines is 1. The lowest BCUT2D eigenvalue weighted by Gasteiger charge is -2.26. The quantitative estimate of drug-likeness (QED) is 0.666. The van der Waals surface area contributed by atoms with Crippen molar-refractivity contribution < 1.29 is 8.42 Å². The molecular weight excluding hydrogens is 260 g/mol. The Bertz CT molecular complexity index is 554. The maximum atomic E-state index is 12.8. The van der Waals surface area contributed by atoms with E-state index in [0.717, 1.165) is 0 Å². The van der Waals surface area contributed by atoms with Gasteiger partial charge >= 0.3 is 0 Å². The first-order chi connectivity index (χ1) is 8.71. The van der Waals surface area contributed by atoms with Crippen LogP contribution in [0.1, 0.15) is 25.0 Å². The highest BCUT2D eigenvalue weighted by Crippen LogP contribution is 2.27. The average molecular weight is 282 g/mol. The van der Waals surface area contributed by atoms with Crippen LogP contribution in [0.5, 0.6) is 0 Å². The van der Waals surface area contributed by atoms with E-state index >= 15 is 0 Å². The Balaban J connectivity index is 3.46. The predicted octanol–water partition coefficient (Wildman–Crippen LogP) is 2.47. The SMILES string of the molecule is C=CCN(C(C)C)S(=O)(=O)c1c(C)cc(N)cc1C. The van der Waals surface area contributed by atoms with Crippen LogP contribution in [0.2, 0.25) is 0 Å². The van der Waals surface area contributed by atoms with E-state index in [1.165, 1.54) is 4.31 Å². The molecule has 0 aliphatic carbocycles. The molecule has 0 radical (unpaired) electrons. The number of nitrogen functional groups attached to an aromatic ring is 1. The lowest BCUT2D eigenvalue weighted by atomic mass is 10.1. The van der Waals surface area contributed by atoms with Crippen molar-refractivity contribution in [3.8, 4) is 0 Å². The normalized spacial score (nSPS) is 12.1. The summed E-state index contributed by atoms with van der Waals surface area (Å²) < 4.78 is 26.9. The zero-order valence-corrected chi connectivity index (χ0v) is 12.8. The second kappa shape index (κ2) is 5.75. The van der Waals surface area contributed by atoms with Gasteiger partial charge in [0, 0.05) is 18.3 Å². The average Bonchev–Trinajstić information content (AvgIpc) is 2.22. The number of aryl methyl sites for hydroxylation is 2. The molecule has 0 aromatic heterocycles. The lowest BCUT2D eigenvalue weighted by Crippen LogP contribution is -2.37. The fourth-order valence-electron chi connectivity index (χ4n) is 2.22. The Morgan fingerprint density at radius 1 is 1.32 bits per heavy atom. The van der Waals surface area contributed by atoms with Crippen molar-refractivity contribution in [2.75, 3.05) is 12.3 Å². The molecule has 5 heteroatoms. The van der Waals surface area contributed by atoms with Crippen molar-refractivity contribution in [1.29, 1.82) is 0 Å². The van der Waals surface area contributed by atoms with Crippen molar-refractivity contribution in [2.45, 2.75) is 38.6 Å². The second-order valence-electron chi connectivity index (χ2n) is 4.94. The Hall–Kier alpha value is -1.33. The molecule has 1 aromatic rings. The van der Waals surface area contributed by atoms with Crippen LogP contribution < -0.4 is 5.73 Å². The number of rotatable bonds is 5. The highest BCUT2D eigenvalue weighted by molar-refractivity contribution is 7.89. The first kappa shape index (κ1) is 15.7. The first-order valence-corrected chi connectivity index (χ1v) is 7.65. The van der Waals surface area contributed by atoms with Gasteiger partial charge in [0.15, 0.2) is 0 Å². The van der Waals surface area contributed by atoms with E-state index in [9.17, 15) is 8.42 Å². The molecule has 0 aliphatic heterocycles. The van der Waals surface area contributed by atoms with Crippen LogP contribution in [0, 0.1) is 13.8 Å². The van der Waals surface area contributed by atoms with Gasteiger partial charge < -0.3 is 5.73 Å². The third kappa shape index (κ3) is 3.16. The molecule has 1 aromatic carbocycles. The molecule has 0 amide bonds. The molecule has 0 unspecified atom stereocenters. The van der Waals surface area contributed by atoms with Crippen molar-refractivity contribution in [1.82, 2.24) is 4.31 Å². The van der Waals surface area contributed by atoms with Crippen molar-refractivity contribution in [2.24, 2.45) is 0 Å². The molecular formula is C14H22N2O2S. The van der Waals surface area contributed by atoms with Gasteiger partial charge in [-0.25, -0.2) is 8.42 Å². The number of hydrogen-bond donors (Lipinski definition) is 1. The number of hydrogen-bond acceptors (Lipinski definition) is 3. The number of nitrogens with zero attached hydrogens (tertiary/aromatic N) is 1.